The van der Waals surface area contributed by atoms with Gasteiger partial charge in [0, 0.05) is 11.6 Å². The van der Waals surface area contributed by atoms with E-state index in [9.17, 15) is 0 Å². The fraction of sp³-hybridized carbons (Fsp3) is 0.417. The Labute approximate surface area is 90.2 Å². The molecule has 0 spiro atoms. The van der Waals surface area contributed by atoms with Crippen molar-refractivity contribution in [2.24, 2.45) is 0 Å². The van der Waals surface area contributed by atoms with Crippen LogP contribution < -0.4 is 9.47 Å². The van der Waals surface area contributed by atoms with Crippen LogP contribution in [-0.2, 0) is 0 Å². The van der Waals surface area contributed by atoms with Crippen molar-refractivity contribution in [3.8, 4) is 17.6 Å². The second-order valence-electron chi connectivity index (χ2n) is 3.57. The van der Waals surface area contributed by atoms with Crippen molar-refractivity contribution < 1.29 is 9.47 Å². The van der Waals surface area contributed by atoms with Gasteiger partial charge in [-0.1, -0.05) is 13.8 Å². The monoisotopic (exact) mass is 205 g/mol. The summed E-state index contributed by atoms with van der Waals surface area (Å²) in [4.78, 5) is 0. The summed E-state index contributed by atoms with van der Waals surface area (Å²) in [6.07, 6.45) is 0. The second kappa shape index (κ2) is 4.70. The van der Waals surface area contributed by atoms with Crippen molar-refractivity contribution in [1.29, 1.82) is 5.26 Å². The number of ether oxygens (including phenoxy) is 2. The van der Waals surface area contributed by atoms with E-state index in [-0.39, 0.29) is 0 Å². The van der Waals surface area contributed by atoms with Gasteiger partial charge in [0.05, 0.1) is 25.9 Å². The first-order valence-electron chi connectivity index (χ1n) is 4.80. The number of hydrogen-bond acceptors (Lipinski definition) is 3. The second-order valence-corrected chi connectivity index (χ2v) is 3.57. The van der Waals surface area contributed by atoms with E-state index in [0.29, 0.717) is 23.0 Å². The molecule has 0 aliphatic heterocycles. The van der Waals surface area contributed by atoms with Gasteiger partial charge in [-0.25, -0.2) is 0 Å². The predicted molar refractivity (Wildman–Crippen MR) is 58.4 cm³/mol. The third-order valence-electron chi connectivity index (χ3n) is 2.26. The first-order chi connectivity index (χ1) is 7.13. The maximum Gasteiger partial charge on any atom is 0.164 e. The van der Waals surface area contributed by atoms with E-state index < -0.39 is 0 Å². The molecule has 0 bridgehead atoms. The molecule has 0 saturated heterocycles. The number of nitrogens with zero attached hydrogens (tertiary/aromatic N) is 1. The molecule has 0 amide bonds. The van der Waals surface area contributed by atoms with Crippen LogP contribution in [0.4, 0.5) is 0 Å². The lowest BCUT2D eigenvalue weighted by Gasteiger charge is -2.15. The van der Waals surface area contributed by atoms with Gasteiger partial charge in [0.15, 0.2) is 11.5 Å². The molecular formula is C12H15NO2. The summed E-state index contributed by atoms with van der Waals surface area (Å²) in [7, 11) is 3.18. The highest BCUT2D eigenvalue weighted by molar-refractivity contribution is 5.53. The van der Waals surface area contributed by atoms with Crippen molar-refractivity contribution in [2.45, 2.75) is 19.8 Å². The maximum absolute atomic E-state index is 8.88. The van der Waals surface area contributed by atoms with E-state index in [0.717, 1.165) is 5.56 Å². The minimum absolute atomic E-state index is 0.294. The van der Waals surface area contributed by atoms with Crippen LogP contribution in [-0.4, -0.2) is 14.2 Å². The van der Waals surface area contributed by atoms with Crippen LogP contribution in [0.25, 0.3) is 0 Å². The minimum atomic E-state index is 0.294. The Morgan fingerprint density at radius 2 is 1.87 bits per heavy atom. The van der Waals surface area contributed by atoms with Crippen molar-refractivity contribution in [2.75, 3.05) is 14.2 Å². The fourth-order valence-electron chi connectivity index (χ4n) is 1.49. The van der Waals surface area contributed by atoms with E-state index in [1.165, 1.54) is 0 Å². The molecule has 1 aromatic rings. The number of hydrogen-bond donors (Lipinski definition) is 0. The third kappa shape index (κ3) is 2.21. The van der Waals surface area contributed by atoms with E-state index in [1.807, 2.05) is 6.07 Å². The van der Waals surface area contributed by atoms with Gasteiger partial charge < -0.3 is 9.47 Å². The standard InChI is InChI=1S/C12H15NO2/c1-8(2)10-5-9(7-13)6-11(14-3)12(10)15-4/h5-6,8H,1-4H3. The summed E-state index contributed by atoms with van der Waals surface area (Å²) in [5, 5.41) is 8.88. The van der Waals surface area contributed by atoms with Crippen LogP contribution in [0.3, 0.4) is 0 Å². The van der Waals surface area contributed by atoms with Crippen LogP contribution in [0.15, 0.2) is 12.1 Å². The average molecular weight is 205 g/mol. The quantitative estimate of drug-likeness (QED) is 0.761. The van der Waals surface area contributed by atoms with Gasteiger partial charge >= 0.3 is 0 Å². The van der Waals surface area contributed by atoms with Crippen LogP contribution in [0.1, 0.15) is 30.9 Å². The SMILES string of the molecule is COc1cc(C#N)cc(C(C)C)c1OC. The van der Waals surface area contributed by atoms with E-state index >= 15 is 0 Å². The van der Waals surface area contributed by atoms with Crippen LogP contribution in [0.2, 0.25) is 0 Å². The average Bonchev–Trinajstić information content (AvgIpc) is 2.26. The van der Waals surface area contributed by atoms with Gasteiger partial charge in [0.25, 0.3) is 0 Å². The van der Waals surface area contributed by atoms with Crippen molar-refractivity contribution in [3.05, 3.63) is 23.3 Å². The van der Waals surface area contributed by atoms with Gasteiger partial charge in [-0.2, -0.15) is 5.26 Å². The highest BCUT2D eigenvalue weighted by Crippen LogP contribution is 2.36. The molecular weight excluding hydrogens is 190 g/mol. The van der Waals surface area contributed by atoms with Gasteiger partial charge in [-0.05, 0) is 12.0 Å². The van der Waals surface area contributed by atoms with E-state index in [1.54, 1.807) is 20.3 Å². The summed E-state index contributed by atoms with van der Waals surface area (Å²) < 4.78 is 10.5. The zero-order chi connectivity index (χ0) is 11.4. The predicted octanol–water partition coefficient (Wildman–Crippen LogP) is 2.70. The summed E-state index contributed by atoms with van der Waals surface area (Å²) in [5.74, 6) is 1.62. The molecule has 0 aromatic heterocycles. The summed E-state index contributed by atoms with van der Waals surface area (Å²) in [6.45, 7) is 4.11. The molecule has 1 rings (SSSR count). The first kappa shape index (κ1) is 11.4. The van der Waals surface area contributed by atoms with E-state index in [4.69, 9.17) is 14.7 Å². The van der Waals surface area contributed by atoms with Crippen LogP contribution in [0, 0.1) is 11.3 Å². The zero-order valence-electron chi connectivity index (χ0n) is 9.50. The van der Waals surface area contributed by atoms with Crippen molar-refractivity contribution in [3.63, 3.8) is 0 Å². The molecule has 80 valence electrons. The molecule has 0 radical (unpaired) electrons. The molecule has 0 aliphatic carbocycles. The molecule has 0 atom stereocenters. The van der Waals surface area contributed by atoms with Gasteiger partial charge in [0.2, 0.25) is 0 Å². The molecule has 3 nitrogen and oxygen atoms in total. The third-order valence-corrected chi connectivity index (χ3v) is 2.26. The fourth-order valence-corrected chi connectivity index (χ4v) is 1.49. The molecule has 0 saturated carbocycles. The number of nitriles is 1. The van der Waals surface area contributed by atoms with Gasteiger partial charge in [-0.15, -0.1) is 0 Å². The molecule has 3 heteroatoms. The Morgan fingerprint density at radius 1 is 1.20 bits per heavy atom. The molecule has 0 N–H and O–H groups in total. The van der Waals surface area contributed by atoms with Crippen molar-refractivity contribution >= 4 is 0 Å². The van der Waals surface area contributed by atoms with Gasteiger partial charge in [0.1, 0.15) is 0 Å². The molecule has 0 aliphatic rings. The Kier molecular flexibility index (Phi) is 3.56. The lowest BCUT2D eigenvalue weighted by Crippen LogP contribution is -1.98. The summed E-state index contributed by atoms with van der Waals surface area (Å²) in [6, 6.07) is 5.64. The van der Waals surface area contributed by atoms with Crippen LogP contribution >= 0.6 is 0 Å². The van der Waals surface area contributed by atoms with E-state index in [2.05, 4.69) is 19.9 Å². The lowest BCUT2D eigenvalue weighted by molar-refractivity contribution is 0.350. The Bertz CT molecular complexity index is 391. The smallest absolute Gasteiger partial charge is 0.164 e. The summed E-state index contributed by atoms with van der Waals surface area (Å²) >= 11 is 0. The normalized spacial score (nSPS) is 9.87. The highest BCUT2D eigenvalue weighted by Gasteiger charge is 2.14. The number of rotatable bonds is 3. The van der Waals surface area contributed by atoms with Crippen molar-refractivity contribution in [1.82, 2.24) is 0 Å². The van der Waals surface area contributed by atoms with Gasteiger partial charge in [-0.3, -0.25) is 0 Å². The molecule has 0 heterocycles. The first-order valence-corrected chi connectivity index (χ1v) is 4.80. The summed E-state index contributed by atoms with van der Waals surface area (Å²) in [5.41, 5.74) is 1.59. The minimum Gasteiger partial charge on any atom is -0.493 e. The molecule has 0 unspecified atom stereocenters. The maximum atomic E-state index is 8.88. The Morgan fingerprint density at radius 3 is 2.27 bits per heavy atom. The zero-order valence-corrected chi connectivity index (χ0v) is 9.50. The Hall–Kier alpha value is -1.69. The number of benzene rings is 1. The topological polar surface area (TPSA) is 42.2 Å². The molecule has 15 heavy (non-hydrogen) atoms. The molecule has 1 aromatic carbocycles. The molecule has 0 fully saturated rings. The van der Waals surface area contributed by atoms with Crippen LogP contribution in [0.5, 0.6) is 11.5 Å². The largest absolute Gasteiger partial charge is 0.493 e. The Balaban J connectivity index is 3.40. The highest BCUT2D eigenvalue weighted by atomic mass is 16.5. The lowest BCUT2D eigenvalue weighted by atomic mass is 9.99. The number of methoxy groups -OCH3 is 2.